The molecule has 0 atom stereocenters. The summed E-state index contributed by atoms with van der Waals surface area (Å²) in [4.78, 5) is 0. The molecule has 0 saturated carbocycles. The lowest BCUT2D eigenvalue weighted by Gasteiger charge is -2.13. The zero-order chi connectivity index (χ0) is 18.5. The summed E-state index contributed by atoms with van der Waals surface area (Å²) in [5.41, 5.74) is 1.22. The Morgan fingerprint density at radius 1 is 1.07 bits per heavy atom. The molecule has 0 fully saturated rings. The van der Waals surface area contributed by atoms with Gasteiger partial charge in [0, 0.05) is 13.0 Å². The first-order valence-electron chi connectivity index (χ1n) is 8.56. The maximum atomic E-state index is 9.70. The van der Waals surface area contributed by atoms with Crippen LogP contribution in [-0.4, -0.2) is 36.1 Å². The van der Waals surface area contributed by atoms with Crippen LogP contribution < -0.4 is 14.2 Å². The number of fused-ring (bicyclic) bond motifs is 1. The second kappa shape index (κ2) is 9.28. The van der Waals surface area contributed by atoms with Gasteiger partial charge in [0.15, 0.2) is 17.3 Å². The zero-order valence-corrected chi connectivity index (χ0v) is 16.5. The number of nitriles is 1. The van der Waals surface area contributed by atoms with Gasteiger partial charge < -0.3 is 18.8 Å². The average Bonchev–Trinajstić information content (AvgIpc) is 2.92. The van der Waals surface area contributed by atoms with Crippen molar-refractivity contribution in [2.75, 3.05) is 21.3 Å². The molecule has 2 heterocycles. The number of hydrogen-bond acceptors (Lipinski definition) is 6. The van der Waals surface area contributed by atoms with Gasteiger partial charge in [-0.05, 0) is 36.6 Å². The van der Waals surface area contributed by atoms with Crippen molar-refractivity contribution in [3.8, 4) is 23.3 Å². The molecular formula is C19H23ClN4O3. The Kier molecular flexibility index (Phi) is 7.08. The molecule has 3 rings (SSSR count). The fourth-order valence-corrected chi connectivity index (χ4v) is 3.18. The lowest BCUT2D eigenvalue weighted by atomic mass is 10.1. The van der Waals surface area contributed by atoms with Gasteiger partial charge in [0.2, 0.25) is 5.75 Å². The summed E-state index contributed by atoms with van der Waals surface area (Å²) >= 11 is 0. The molecule has 144 valence electrons. The number of aryl methyl sites for hydroxylation is 1. The molecule has 0 bridgehead atoms. The van der Waals surface area contributed by atoms with Crippen LogP contribution in [0.15, 0.2) is 12.1 Å². The van der Waals surface area contributed by atoms with Crippen molar-refractivity contribution in [2.45, 2.75) is 32.2 Å². The van der Waals surface area contributed by atoms with Gasteiger partial charge in [-0.15, -0.1) is 22.6 Å². The van der Waals surface area contributed by atoms with Crippen LogP contribution in [0.2, 0.25) is 0 Å². The van der Waals surface area contributed by atoms with Crippen molar-refractivity contribution >= 4 is 24.1 Å². The Hall–Kier alpha value is -2.72. The third kappa shape index (κ3) is 4.17. The predicted octanol–water partition coefficient (Wildman–Crippen LogP) is 3.52. The van der Waals surface area contributed by atoms with Crippen LogP contribution in [0.1, 0.15) is 36.5 Å². The molecule has 2 aromatic rings. The van der Waals surface area contributed by atoms with E-state index >= 15 is 0 Å². The first kappa shape index (κ1) is 20.6. The lowest BCUT2D eigenvalue weighted by molar-refractivity contribution is 0.324. The molecule has 7 nitrogen and oxygen atoms in total. The Bertz CT molecular complexity index is 845. The van der Waals surface area contributed by atoms with Gasteiger partial charge in [0.05, 0.1) is 26.9 Å². The molecule has 8 heteroatoms. The molecule has 1 aliphatic rings. The summed E-state index contributed by atoms with van der Waals surface area (Å²) in [5.74, 6) is 3.15. The van der Waals surface area contributed by atoms with Crippen molar-refractivity contribution in [1.29, 1.82) is 5.26 Å². The number of hydrogen-bond donors (Lipinski definition) is 0. The van der Waals surface area contributed by atoms with Crippen LogP contribution in [0, 0.1) is 11.3 Å². The summed E-state index contributed by atoms with van der Waals surface area (Å²) in [6, 6.07) is 5.86. The van der Waals surface area contributed by atoms with E-state index in [1.165, 1.54) is 6.42 Å². The monoisotopic (exact) mass is 390 g/mol. The molecule has 0 unspecified atom stereocenters. The molecule has 0 radical (unpaired) electrons. The van der Waals surface area contributed by atoms with Crippen molar-refractivity contribution in [2.24, 2.45) is 0 Å². The number of halogens is 1. The smallest absolute Gasteiger partial charge is 0.203 e. The Morgan fingerprint density at radius 2 is 1.78 bits per heavy atom. The first-order valence-corrected chi connectivity index (χ1v) is 8.56. The maximum Gasteiger partial charge on any atom is 0.203 e. The standard InChI is InChI=1S/C19H22N4O3.ClH/c1-24-15-10-13(11-16(25-2)18(15)26-3)9-14(12-20)19-22-21-17-7-5-4-6-8-23(17)19;/h9-11H,4-8H2,1-3H3;1H. The van der Waals surface area contributed by atoms with Gasteiger partial charge in [-0.25, -0.2) is 0 Å². The van der Waals surface area contributed by atoms with Crippen molar-refractivity contribution in [3.05, 3.63) is 29.3 Å². The van der Waals surface area contributed by atoms with Crippen LogP contribution in [-0.2, 0) is 13.0 Å². The SMILES string of the molecule is COc1cc(C=C(C#N)c2nnc3n2CCCCC3)cc(OC)c1OC.Cl. The second-order valence-corrected chi connectivity index (χ2v) is 6.03. The predicted molar refractivity (Wildman–Crippen MR) is 104 cm³/mol. The van der Waals surface area contributed by atoms with E-state index in [9.17, 15) is 5.26 Å². The molecule has 1 aromatic carbocycles. The third-order valence-corrected chi connectivity index (χ3v) is 4.47. The quantitative estimate of drug-likeness (QED) is 0.726. The number of allylic oxidation sites excluding steroid dienone is 1. The highest BCUT2D eigenvalue weighted by molar-refractivity contribution is 5.88. The third-order valence-electron chi connectivity index (χ3n) is 4.47. The van der Waals surface area contributed by atoms with E-state index in [4.69, 9.17) is 14.2 Å². The summed E-state index contributed by atoms with van der Waals surface area (Å²) in [6.45, 7) is 0.839. The number of benzene rings is 1. The van der Waals surface area contributed by atoms with Crippen LogP contribution in [0.5, 0.6) is 17.2 Å². The average molecular weight is 391 g/mol. The normalized spacial score (nSPS) is 13.6. The fraction of sp³-hybridized carbons (Fsp3) is 0.421. The van der Waals surface area contributed by atoms with E-state index in [2.05, 4.69) is 20.8 Å². The maximum absolute atomic E-state index is 9.70. The molecular weight excluding hydrogens is 368 g/mol. The van der Waals surface area contributed by atoms with Crippen molar-refractivity contribution in [1.82, 2.24) is 14.8 Å². The van der Waals surface area contributed by atoms with E-state index < -0.39 is 0 Å². The second-order valence-electron chi connectivity index (χ2n) is 6.03. The highest BCUT2D eigenvalue weighted by Crippen LogP contribution is 2.39. The molecule has 0 saturated heterocycles. The summed E-state index contributed by atoms with van der Waals surface area (Å²) in [6.07, 6.45) is 6.02. The van der Waals surface area contributed by atoms with Crippen LogP contribution in [0.4, 0.5) is 0 Å². The minimum atomic E-state index is 0. The lowest BCUT2D eigenvalue weighted by Crippen LogP contribution is -2.05. The number of methoxy groups -OCH3 is 3. The molecule has 0 aliphatic carbocycles. The minimum Gasteiger partial charge on any atom is -0.493 e. The van der Waals surface area contributed by atoms with Crippen LogP contribution in [0.25, 0.3) is 11.6 Å². The Balaban J connectivity index is 0.00000261. The van der Waals surface area contributed by atoms with Gasteiger partial charge in [0.1, 0.15) is 11.9 Å². The van der Waals surface area contributed by atoms with E-state index in [-0.39, 0.29) is 12.4 Å². The molecule has 27 heavy (non-hydrogen) atoms. The number of aromatic nitrogens is 3. The number of nitrogens with zero attached hydrogens (tertiary/aromatic N) is 4. The van der Waals surface area contributed by atoms with Crippen LogP contribution >= 0.6 is 12.4 Å². The van der Waals surface area contributed by atoms with Crippen LogP contribution in [0.3, 0.4) is 0 Å². The van der Waals surface area contributed by atoms with Gasteiger partial charge in [-0.3, -0.25) is 0 Å². The Morgan fingerprint density at radius 3 is 2.37 bits per heavy atom. The van der Waals surface area contributed by atoms with Crippen molar-refractivity contribution < 1.29 is 14.2 Å². The summed E-state index contributed by atoms with van der Waals surface area (Å²) in [7, 11) is 4.69. The topological polar surface area (TPSA) is 82.2 Å². The Labute approximate surface area is 165 Å². The van der Waals surface area contributed by atoms with E-state index in [1.807, 2.05) is 0 Å². The first-order chi connectivity index (χ1) is 12.7. The molecule has 0 spiro atoms. The fourth-order valence-electron chi connectivity index (χ4n) is 3.18. The van der Waals surface area contributed by atoms with Crippen molar-refractivity contribution in [3.63, 3.8) is 0 Å². The molecule has 0 N–H and O–H groups in total. The highest BCUT2D eigenvalue weighted by atomic mass is 35.5. The summed E-state index contributed by atoms with van der Waals surface area (Å²) < 4.78 is 18.2. The summed E-state index contributed by atoms with van der Waals surface area (Å²) in [5, 5.41) is 18.2. The molecule has 1 aromatic heterocycles. The van der Waals surface area contributed by atoms with Gasteiger partial charge in [0.25, 0.3) is 0 Å². The zero-order valence-electron chi connectivity index (χ0n) is 15.7. The number of rotatable bonds is 5. The van der Waals surface area contributed by atoms with E-state index in [0.717, 1.165) is 37.2 Å². The molecule has 1 aliphatic heterocycles. The molecule has 0 amide bonds. The van der Waals surface area contributed by atoms with E-state index in [0.29, 0.717) is 28.6 Å². The number of ether oxygens (including phenoxy) is 3. The van der Waals surface area contributed by atoms with Gasteiger partial charge in [-0.2, -0.15) is 5.26 Å². The van der Waals surface area contributed by atoms with Gasteiger partial charge >= 0.3 is 0 Å². The van der Waals surface area contributed by atoms with E-state index in [1.54, 1.807) is 39.5 Å². The largest absolute Gasteiger partial charge is 0.493 e. The minimum absolute atomic E-state index is 0. The van der Waals surface area contributed by atoms with Gasteiger partial charge in [-0.1, -0.05) is 6.42 Å². The highest BCUT2D eigenvalue weighted by Gasteiger charge is 2.18.